The summed E-state index contributed by atoms with van der Waals surface area (Å²) in [6.07, 6.45) is 5.36. The van der Waals surface area contributed by atoms with E-state index in [-0.39, 0.29) is 30.0 Å². The van der Waals surface area contributed by atoms with Gasteiger partial charge in [0.05, 0.1) is 12.0 Å². The molecule has 0 aromatic heterocycles. The molecule has 0 aromatic rings. The van der Waals surface area contributed by atoms with Gasteiger partial charge in [-0.3, -0.25) is 4.79 Å². The van der Waals surface area contributed by atoms with Gasteiger partial charge in [0.1, 0.15) is 6.10 Å². The molecule has 20 heavy (non-hydrogen) atoms. The summed E-state index contributed by atoms with van der Waals surface area (Å²) in [4.78, 5) is 11.8. The lowest BCUT2D eigenvalue weighted by Crippen LogP contribution is -2.40. The van der Waals surface area contributed by atoms with Gasteiger partial charge in [-0.1, -0.05) is 25.5 Å². The molecule has 0 saturated heterocycles. The first-order valence-electron chi connectivity index (χ1n) is 7.28. The molecule has 5 unspecified atom stereocenters. The highest BCUT2D eigenvalue weighted by molar-refractivity contribution is 5.74. The number of aliphatic hydroxyl groups excluding tert-OH is 1. The number of ether oxygens (including phenoxy) is 2. The van der Waals surface area contributed by atoms with Crippen molar-refractivity contribution in [1.29, 1.82) is 0 Å². The average Bonchev–Trinajstić information content (AvgIpc) is 2.47. The third-order valence-electron chi connectivity index (χ3n) is 3.77. The third kappa shape index (κ3) is 4.76. The van der Waals surface area contributed by atoms with Crippen molar-refractivity contribution in [2.24, 2.45) is 11.8 Å². The lowest BCUT2D eigenvalue weighted by Gasteiger charge is -2.33. The van der Waals surface area contributed by atoms with Crippen molar-refractivity contribution in [3.63, 3.8) is 0 Å². The number of rotatable bonds is 7. The summed E-state index contributed by atoms with van der Waals surface area (Å²) in [7, 11) is 0. The zero-order valence-corrected chi connectivity index (χ0v) is 12.5. The van der Waals surface area contributed by atoms with Crippen molar-refractivity contribution >= 4 is 5.97 Å². The normalized spacial score (nSPS) is 27.1. The van der Waals surface area contributed by atoms with Crippen molar-refractivity contribution < 1.29 is 19.4 Å². The van der Waals surface area contributed by atoms with E-state index in [0.29, 0.717) is 0 Å². The number of carbonyl (C=O) groups is 1. The van der Waals surface area contributed by atoms with E-state index in [9.17, 15) is 9.90 Å². The highest BCUT2D eigenvalue weighted by Gasteiger charge is 2.32. The van der Waals surface area contributed by atoms with Gasteiger partial charge in [-0.15, -0.1) is 13.2 Å². The summed E-state index contributed by atoms with van der Waals surface area (Å²) in [5.41, 5.74) is 0. The second-order valence-corrected chi connectivity index (χ2v) is 5.44. The fourth-order valence-electron chi connectivity index (χ4n) is 2.13. The molecule has 0 aromatic carbocycles. The number of esters is 1. The molecule has 5 atom stereocenters. The van der Waals surface area contributed by atoms with Crippen LogP contribution >= 0.6 is 0 Å². The Morgan fingerprint density at radius 1 is 1.20 bits per heavy atom. The highest BCUT2D eigenvalue weighted by Crippen LogP contribution is 2.26. The van der Waals surface area contributed by atoms with E-state index >= 15 is 0 Å². The van der Waals surface area contributed by atoms with Crippen molar-refractivity contribution in [3.8, 4) is 0 Å². The van der Waals surface area contributed by atoms with Gasteiger partial charge in [-0.05, 0) is 26.2 Å². The predicted molar refractivity (Wildman–Crippen MR) is 77.9 cm³/mol. The molecule has 0 radical (unpaired) electrons. The Morgan fingerprint density at radius 2 is 1.80 bits per heavy atom. The second-order valence-electron chi connectivity index (χ2n) is 5.44. The minimum atomic E-state index is -0.909. The molecule has 0 bridgehead atoms. The molecule has 0 spiro atoms. The minimum Gasteiger partial charge on any atom is -0.459 e. The van der Waals surface area contributed by atoms with Gasteiger partial charge >= 0.3 is 5.97 Å². The monoisotopic (exact) mass is 282 g/mol. The molecule has 0 heterocycles. The molecule has 1 aliphatic rings. The Balaban J connectivity index is 2.60. The first-order valence-corrected chi connectivity index (χ1v) is 7.28. The Hall–Kier alpha value is -1.13. The maximum atomic E-state index is 11.8. The van der Waals surface area contributed by atoms with Crippen LogP contribution in [0.1, 0.15) is 39.5 Å². The molecule has 1 N–H and O–H groups in total. The van der Waals surface area contributed by atoms with Crippen LogP contribution in [-0.4, -0.2) is 29.6 Å². The Morgan fingerprint density at radius 3 is 2.35 bits per heavy atom. The minimum absolute atomic E-state index is 0.152. The van der Waals surface area contributed by atoms with Crippen LogP contribution in [-0.2, 0) is 14.3 Å². The van der Waals surface area contributed by atoms with E-state index in [1.165, 1.54) is 0 Å². The fraction of sp³-hybridized carbons (Fsp3) is 0.688. The van der Waals surface area contributed by atoms with E-state index < -0.39 is 6.29 Å². The first-order chi connectivity index (χ1) is 9.49. The van der Waals surface area contributed by atoms with Crippen LogP contribution in [0, 0.1) is 11.8 Å². The Labute approximate surface area is 121 Å². The van der Waals surface area contributed by atoms with Gasteiger partial charge in [0.15, 0.2) is 6.29 Å². The van der Waals surface area contributed by atoms with Gasteiger partial charge < -0.3 is 14.6 Å². The smallest absolute Gasteiger partial charge is 0.312 e. The molecule has 0 amide bonds. The van der Waals surface area contributed by atoms with Crippen molar-refractivity contribution in [1.82, 2.24) is 0 Å². The van der Waals surface area contributed by atoms with Crippen molar-refractivity contribution in [3.05, 3.63) is 25.3 Å². The predicted octanol–water partition coefficient (Wildman–Crippen LogP) is 2.82. The van der Waals surface area contributed by atoms with E-state index in [0.717, 1.165) is 25.7 Å². The van der Waals surface area contributed by atoms with Gasteiger partial charge in [0.25, 0.3) is 0 Å². The fourth-order valence-corrected chi connectivity index (χ4v) is 2.13. The van der Waals surface area contributed by atoms with Crippen LogP contribution in [0.5, 0.6) is 0 Å². The zero-order chi connectivity index (χ0) is 15.1. The van der Waals surface area contributed by atoms with Gasteiger partial charge in [0.2, 0.25) is 0 Å². The number of carbonyl (C=O) groups excluding carboxylic acids is 1. The summed E-state index contributed by atoms with van der Waals surface area (Å²) >= 11 is 0. The van der Waals surface area contributed by atoms with E-state index in [1.54, 1.807) is 19.1 Å². The van der Waals surface area contributed by atoms with E-state index in [1.807, 2.05) is 6.92 Å². The van der Waals surface area contributed by atoms with Crippen LogP contribution in [0.15, 0.2) is 25.3 Å². The summed E-state index contributed by atoms with van der Waals surface area (Å²) in [5.74, 6) is -0.762. The van der Waals surface area contributed by atoms with Crippen LogP contribution in [0.4, 0.5) is 0 Å². The standard InChI is InChI=1S/C16H26O4/c1-5-11(3)15(17)19-13-9-7-8-10-14(13)20-16(18)12(4)6-2/h5-6,11-15,17H,1-2,7-10H2,3-4H3. The molecular formula is C16H26O4. The van der Waals surface area contributed by atoms with Crippen molar-refractivity contribution in [2.75, 3.05) is 0 Å². The van der Waals surface area contributed by atoms with E-state index in [4.69, 9.17) is 9.47 Å². The van der Waals surface area contributed by atoms with Gasteiger partial charge in [0, 0.05) is 5.92 Å². The largest absolute Gasteiger partial charge is 0.459 e. The molecule has 1 saturated carbocycles. The second kappa shape index (κ2) is 8.22. The van der Waals surface area contributed by atoms with E-state index in [2.05, 4.69) is 13.2 Å². The SMILES string of the molecule is C=CC(C)C(=O)OC1CCCCC1OC(O)C(C)C=C. The summed E-state index contributed by atoms with van der Waals surface area (Å²) in [6, 6.07) is 0. The topological polar surface area (TPSA) is 55.8 Å². The molecule has 0 aliphatic heterocycles. The first kappa shape index (κ1) is 16.9. The number of aliphatic hydroxyl groups is 1. The van der Waals surface area contributed by atoms with Gasteiger partial charge in [-0.2, -0.15) is 0 Å². The lowest BCUT2D eigenvalue weighted by molar-refractivity contribution is -0.201. The number of hydrogen-bond acceptors (Lipinski definition) is 4. The molecule has 1 fully saturated rings. The van der Waals surface area contributed by atoms with Gasteiger partial charge in [-0.25, -0.2) is 0 Å². The van der Waals surface area contributed by atoms with Crippen LogP contribution < -0.4 is 0 Å². The molecule has 4 nitrogen and oxygen atoms in total. The maximum Gasteiger partial charge on any atom is 0.312 e. The molecule has 1 aliphatic carbocycles. The van der Waals surface area contributed by atoms with Crippen LogP contribution in [0.25, 0.3) is 0 Å². The lowest BCUT2D eigenvalue weighted by atomic mass is 9.94. The highest BCUT2D eigenvalue weighted by atomic mass is 16.6. The molecular weight excluding hydrogens is 256 g/mol. The Bertz CT molecular complexity index is 339. The average molecular weight is 282 g/mol. The summed E-state index contributed by atoms with van der Waals surface area (Å²) < 4.78 is 11.2. The quantitative estimate of drug-likeness (QED) is 0.443. The zero-order valence-electron chi connectivity index (χ0n) is 12.5. The third-order valence-corrected chi connectivity index (χ3v) is 3.77. The summed E-state index contributed by atoms with van der Waals surface area (Å²) in [6.45, 7) is 10.8. The van der Waals surface area contributed by atoms with Crippen LogP contribution in [0.2, 0.25) is 0 Å². The molecule has 4 heteroatoms. The molecule has 1 rings (SSSR count). The molecule has 114 valence electrons. The number of hydrogen-bond donors (Lipinski definition) is 1. The Kier molecular flexibility index (Phi) is 6.96. The summed E-state index contributed by atoms with van der Waals surface area (Å²) in [5, 5.41) is 9.93. The van der Waals surface area contributed by atoms with Crippen molar-refractivity contribution in [2.45, 2.75) is 58.0 Å². The van der Waals surface area contributed by atoms with Crippen LogP contribution in [0.3, 0.4) is 0 Å². The maximum absolute atomic E-state index is 11.8.